The number of hydrogen-bond acceptors (Lipinski definition) is 5. The number of amidine groups is 1. The third-order valence-electron chi connectivity index (χ3n) is 1.55. The van der Waals surface area contributed by atoms with Crippen LogP contribution in [0.15, 0.2) is 18.3 Å². The molecule has 1 heterocycles. The van der Waals surface area contributed by atoms with Gasteiger partial charge in [-0.15, -0.1) is 0 Å². The third kappa shape index (κ3) is 4.05. The largest absolute Gasteiger partial charge is 0.384 e. The molecule has 0 aliphatic rings. The summed E-state index contributed by atoms with van der Waals surface area (Å²) in [5.74, 6) is -0.0991. The van der Waals surface area contributed by atoms with E-state index in [9.17, 15) is 8.42 Å². The van der Waals surface area contributed by atoms with E-state index in [0.717, 1.165) is 6.26 Å². The number of nitrogens with two attached hydrogens (primary N) is 1. The van der Waals surface area contributed by atoms with Gasteiger partial charge in [0.2, 0.25) is 0 Å². The van der Waals surface area contributed by atoms with Crippen molar-refractivity contribution in [3.8, 4) is 0 Å². The Morgan fingerprint density at radius 3 is 2.87 bits per heavy atom. The van der Waals surface area contributed by atoms with E-state index in [0.29, 0.717) is 11.3 Å². The smallest absolute Gasteiger partial charge is 0.264 e. The summed E-state index contributed by atoms with van der Waals surface area (Å²) in [7, 11) is -3.48. The summed E-state index contributed by atoms with van der Waals surface area (Å²) in [6, 6.07) is 3.07. The molecule has 0 spiro atoms. The van der Waals surface area contributed by atoms with Gasteiger partial charge < -0.3 is 5.73 Å². The van der Waals surface area contributed by atoms with Crippen molar-refractivity contribution >= 4 is 16.0 Å². The molecular formula is C8H11N3O3S. The molecule has 0 aromatic carbocycles. The summed E-state index contributed by atoms with van der Waals surface area (Å²) in [6.45, 7) is -0.153. The average molecular weight is 229 g/mol. The number of nitrogens with zero attached hydrogens (tertiary/aromatic N) is 1. The summed E-state index contributed by atoms with van der Waals surface area (Å²) in [5.41, 5.74) is 6.15. The van der Waals surface area contributed by atoms with Crippen molar-refractivity contribution in [3.63, 3.8) is 0 Å². The highest BCUT2D eigenvalue weighted by atomic mass is 32.2. The topological polar surface area (TPSA) is 106 Å². The van der Waals surface area contributed by atoms with Crippen LogP contribution >= 0.6 is 0 Å². The van der Waals surface area contributed by atoms with Gasteiger partial charge in [-0.2, -0.15) is 8.42 Å². The van der Waals surface area contributed by atoms with Gasteiger partial charge in [-0.05, 0) is 12.1 Å². The zero-order valence-electron chi connectivity index (χ0n) is 8.10. The Morgan fingerprint density at radius 1 is 1.67 bits per heavy atom. The first-order chi connectivity index (χ1) is 6.88. The molecule has 82 valence electrons. The van der Waals surface area contributed by atoms with E-state index >= 15 is 0 Å². The first kappa shape index (κ1) is 11.6. The Balaban J connectivity index is 2.79. The van der Waals surface area contributed by atoms with Gasteiger partial charge in [0, 0.05) is 11.8 Å². The number of nitrogens with one attached hydrogen (secondary N) is 1. The van der Waals surface area contributed by atoms with Gasteiger partial charge in [0.15, 0.2) is 0 Å². The van der Waals surface area contributed by atoms with Crippen molar-refractivity contribution in [2.45, 2.75) is 6.61 Å². The molecule has 1 aromatic rings. The van der Waals surface area contributed by atoms with Gasteiger partial charge in [0.05, 0.1) is 11.9 Å². The molecule has 0 aliphatic carbocycles. The maximum atomic E-state index is 10.7. The fourth-order valence-electron chi connectivity index (χ4n) is 0.892. The fourth-order valence-corrected chi connectivity index (χ4v) is 1.23. The van der Waals surface area contributed by atoms with E-state index in [2.05, 4.69) is 9.17 Å². The maximum Gasteiger partial charge on any atom is 0.264 e. The molecule has 0 saturated heterocycles. The monoisotopic (exact) mass is 229 g/mol. The predicted octanol–water partition coefficient (Wildman–Crippen LogP) is -0.158. The lowest BCUT2D eigenvalue weighted by Gasteiger charge is -2.02. The number of rotatable bonds is 4. The minimum Gasteiger partial charge on any atom is -0.384 e. The number of hydrogen-bond donors (Lipinski definition) is 2. The minimum absolute atomic E-state index is 0.0991. The minimum atomic E-state index is -3.48. The lowest BCUT2D eigenvalue weighted by atomic mass is 10.2. The quantitative estimate of drug-likeness (QED) is 0.424. The summed E-state index contributed by atoms with van der Waals surface area (Å²) in [6.07, 6.45) is 2.40. The fraction of sp³-hybridized carbons (Fsp3) is 0.250. The van der Waals surface area contributed by atoms with E-state index in [1.807, 2.05) is 0 Å². The number of nitrogen functional groups attached to an aromatic ring is 1. The Bertz CT molecular complexity index is 470. The highest BCUT2D eigenvalue weighted by Gasteiger charge is 2.05. The molecule has 7 heteroatoms. The Kier molecular flexibility index (Phi) is 3.38. The summed E-state index contributed by atoms with van der Waals surface area (Å²) in [5, 5.41) is 7.18. The van der Waals surface area contributed by atoms with Gasteiger partial charge >= 0.3 is 0 Å². The van der Waals surface area contributed by atoms with Crippen molar-refractivity contribution in [2.75, 3.05) is 6.26 Å². The third-order valence-corrected chi connectivity index (χ3v) is 2.09. The zero-order valence-corrected chi connectivity index (χ0v) is 8.91. The van der Waals surface area contributed by atoms with Crippen LogP contribution in [0.5, 0.6) is 0 Å². The molecule has 0 radical (unpaired) electrons. The van der Waals surface area contributed by atoms with Crippen molar-refractivity contribution in [1.82, 2.24) is 4.98 Å². The lowest BCUT2D eigenvalue weighted by Crippen LogP contribution is -2.12. The molecule has 6 nitrogen and oxygen atoms in total. The Labute approximate surface area is 87.7 Å². The van der Waals surface area contributed by atoms with Gasteiger partial charge in [-0.3, -0.25) is 14.6 Å². The van der Waals surface area contributed by atoms with E-state index in [1.165, 1.54) is 12.3 Å². The van der Waals surface area contributed by atoms with Crippen molar-refractivity contribution in [2.24, 2.45) is 5.73 Å². The number of pyridine rings is 1. The van der Waals surface area contributed by atoms with Crippen LogP contribution in [0.25, 0.3) is 0 Å². The van der Waals surface area contributed by atoms with Gasteiger partial charge in [-0.1, -0.05) is 0 Å². The molecule has 0 aliphatic heterocycles. The van der Waals surface area contributed by atoms with Gasteiger partial charge in [-0.25, -0.2) is 0 Å². The average Bonchev–Trinajstić information content (AvgIpc) is 2.14. The van der Waals surface area contributed by atoms with E-state index in [-0.39, 0.29) is 12.4 Å². The van der Waals surface area contributed by atoms with Crippen LogP contribution in [-0.4, -0.2) is 25.5 Å². The van der Waals surface area contributed by atoms with Crippen LogP contribution < -0.4 is 5.73 Å². The SMILES string of the molecule is CS(=O)(=O)OCc1cc(C(=N)N)ccn1. The van der Waals surface area contributed by atoms with Gasteiger partial charge in [0.25, 0.3) is 10.1 Å². The Morgan fingerprint density at radius 2 is 2.33 bits per heavy atom. The zero-order chi connectivity index (χ0) is 11.5. The molecule has 3 N–H and O–H groups in total. The van der Waals surface area contributed by atoms with Crippen molar-refractivity contribution < 1.29 is 12.6 Å². The Hall–Kier alpha value is -1.47. The molecule has 0 atom stereocenters. The van der Waals surface area contributed by atoms with E-state index < -0.39 is 10.1 Å². The van der Waals surface area contributed by atoms with Crippen molar-refractivity contribution in [1.29, 1.82) is 5.41 Å². The standard InChI is InChI=1S/C8H11N3O3S/c1-15(12,13)14-5-7-4-6(8(9)10)2-3-11-7/h2-4H,5H2,1H3,(H3,9,10). The molecule has 0 bridgehead atoms. The predicted molar refractivity (Wildman–Crippen MR) is 54.9 cm³/mol. The second kappa shape index (κ2) is 4.37. The highest BCUT2D eigenvalue weighted by molar-refractivity contribution is 7.85. The number of aromatic nitrogens is 1. The first-order valence-corrected chi connectivity index (χ1v) is 5.84. The van der Waals surface area contributed by atoms with Crippen LogP contribution in [0.2, 0.25) is 0 Å². The molecule has 0 saturated carbocycles. The lowest BCUT2D eigenvalue weighted by molar-refractivity contribution is 0.307. The second-order valence-corrected chi connectivity index (χ2v) is 4.56. The molecule has 1 rings (SSSR count). The highest BCUT2D eigenvalue weighted by Crippen LogP contribution is 2.03. The van der Waals surface area contributed by atoms with Crippen LogP contribution in [0, 0.1) is 5.41 Å². The van der Waals surface area contributed by atoms with E-state index in [4.69, 9.17) is 11.1 Å². The maximum absolute atomic E-state index is 10.7. The molecule has 15 heavy (non-hydrogen) atoms. The summed E-state index contributed by atoms with van der Waals surface area (Å²) in [4.78, 5) is 3.88. The second-order valence-electron chi connectivity index (χ2n) is 2.92. The molecule has 0 fully saturated rings. The van der Waals surface area contributed by atoms with Crippen LogP contribution in [0.3, 0.4) is 0 Å². The normalized spacial score (nSPS) is 11.3. The molecule has 1 aromatic heterocycles. The van der Waals surface area contributed by atoms with Gasteiger partial charge in [0.1, 0.15) is 12.4 Å². The van der Waals surface area contributed by atoms with Crippen LogP contribution in [0.1, 0.15) is 11.3 Å². The van der Waals surface area contributed by atoms with E-state index in [1.54, 1.807) is 6.07 Å². The van der Waals surface area contributed by atoms with Crippen molar-refractivity contribution in [3.05, 3.63) is 29.6 Å². The molecule has 0 unspecified atom stereocenters. The first-order valence-electron chi connectivity index (χ1n) is 4.02. The molecular weight excluding hydrogens is 218 g/mol. The summed E-state index contributed by atoms with van der Waals surface area (Å²) >= 11 is 0. The molecule has 0 amide bonds. The van der Waals surface area contributed by atoms with Crippen LogP contribution in [-0.2, 0) is 20.9 Å². The van der Waals surface area contributed by atoms with Crippen LogP contribution in [0.4, 0.5) is 0 Å². The summed E-state index contributed by atoms with van der Waals surface area (Å²) < 4.78 is 26.0.